The van der Waals surface area contributed by atoms with E-state index in [1.807, 2.05) is 0 Å². The van der Waals surface area contributed by atoms with Gasteiger partial charge in [0.05, 0.1) is 0 Å². The Bertz CT molecular complexity index is 234. The molecule has 2 saturated heterocycles. The van der Waals surface area contributed by atoms with Gasteiger partial charge in [0, 0.05) is 19.1 Å². The van der Waals surface area contributed by atoms with E-state index in [0.29, 0.717) is 6.04 Å². The number of nitrogens with zero attached hydrogens (tertiary/aromatic N) is 2. The number of nitrogens with one attached hydrogen (secondary N) is 1. The highest BCUT2D eigenvalue weighted by molar-refractivity contribution is 4.81. The molecule has 0 amide bonds. The smallest absolute Gasteiger partial charge is 0.0217 e. The summed E-state index contributed by atoms with van der Waals surface area (Å²) in [6, 6.07) is 0.693. The Hall–Kier alpha value is -0.120. The van der Waals surface area contributed by atoms with Gasteiger partial charge in [-0.1, -0.05) is 13.8 Å². The molecule has 3 heteroatoms. The molecule has 0 aliphatic carbocycles. The summed E-state index contributed by atoms with van der Waals surface area (Å²) >= 11 is 0. The maximum absolute atomic E-state index is 3.71. The van der Waals surface area contributed by atoms with Crippen molar-refractivity contribution in [1.82, 2.24) is 15.1 Å². The van der Waals surface area contributed by atoms with Crippen LogP contribution in [0.5, 0.6) is 0 Å². The average Bonchev–Trinajstić information content (AvgIpc) is 2.58. The lowest BCUT2D eigenvalue weighted by molar-refractivity contribution is 0.154. The van der Waals surface area contributed by atoms with Crippen LogP contribution in [0.25, 0.3) is 0 Å². The van der Waals surface area contributed by atoms with Crippen LogP contribution in [-0.2, 0) is 0 Å². The van der Waals surface area contributed by atoms with E-state index in [4.69, 9.17) is 0 Å². The summed E-state index contributed by atoms with van der Waals surface area (Å²) in [4.78, 5) is 5.19. The van der Waals surface area contributed by atoms with Crippen molar-refractivity contribution in [2.75, 3.05) is 46.3 Å². The van der Waals surface area contributed by atoms with Crippen LogP contribution in [0.2, 0.25) is 0 Å². The third-order valence-corrected chi connectivity index (χ3v) is 4.67. The van der Waals surface area contributed by atoms with Crippen LogP contribution in [0, 0.1) is 11.8 Å². The number of piperidine rings is 1. The molecule has 0 aromatic rings. The number of hydrogen-bond acceptors (Lipinski definition) is 3. The highest BCUT2D eigenvalue weighted by Crippen LogP contribution is 2.19. The Labute approximate surface area is 113 Å². The second kappa shape index (κ2) is 6.88. The molecule has 2 fully saturated rings. The van der Waals surface area contributed by atoms with E-state index in [1.54, 1.807) is 0 Å². The molecule has 106 valence electrons. The molecule has 2 aliphatic rings. The first-order valence-electron chi connectivity index (χ1n) is 7.79. The predicted molar refractivity (Wildman–Crippen MR) is 77.9 cm³/mol. The van der Waals surface area contributed by atoms with Gasteiger partial charge in [-0.25, -0.2) is 0 Å². The van der Waals surface area contributed by atoms with E-state index in [0.717, 1.165) is 11.8 Å². The second-order valence-corrected chi connectivity index (χ2v) is 6.66. The number of likely N-dealkylation sites (tertiary alicyclic amines) is 1. The molecule has 2 rings (SSSR count). The van der Waals surface area contributed by atoms with E-state index in [2.05, 4.69) is 36.0 Å². The lowest BCUT2D eigenvalue weighted by atomic mass is 9.96. The first-order valence-corrected chi connectivity index (χ1v) is 7.79. The van der Waals surface area contributed by atoms with Crippen molar-refractivity contribution in [2.24, 2.45) is 11.8 Å². The van der Waals surface area contributed by atoms with Gasteiger partial charge in [-0.3, -0.25) is 0 Å². The average molecular weight is 253 g/mol. The molecule has 1 N–H and O–H groups in total. The molecular formula is C15H31N3. The third-order valence-electron chi connectivity index (χ3n) is 4.67. The SMILES string of the molecule is CC(C)C1CN(CC2CCN(C)CC2)CCCN1. The Morgan fingerprint density at radius 3 is 2.56 bits per heavy atom. The van der Waals surface area contributed by atoms with Gasteiger partial charge in [-0.15, -0.1) is 0 Å². The summed E-state index contributed by atoms with van der Waals surface area (Å²) in [5, 5.41) is 3.71. The lowest BCUT2D eigenvalue weighted by Crippen LogP contribution is -2.43. The van der Waals surface area contributed by atoms with Crippen molar-refractivity contribution in [3.05, 3.63) is 0 Å². The zero-order chi connectivity index (χ0) is 13.0. The third kappa shape index (κ3) is 4.22. The largest absolute Gasteiger partial charge is 0.312 e. The Morgan fingerprint density at radius 2 is 1.89 bits per heavy atom. The molecular weight excluding hydrogens is 222 g/mol. The van der Waals surface area contributed by atoms with Crippen molar-refractivity contribution >= 4 is 0 Å². The Balaban J connectivity index is 1.80. The molecule has 18 heavy (non-hydrogen) atoms. The van der Waals surface area contributed by atoms with E-state index < -0.39 is 0 Å². The fourth-order valence-electron chi connectivity index (χ4n) is 3.25. The minimum atomic E-state index is 0.693. The molecule has 0 aromatic heterocycles. The van der Waals surface area contributed by atoms with Crippen molar-refractivity contribution < 1.29 is 0 Å². The van der Waals surface area contributed by atoms with Crippen LogP contribution in [0.1, 0.15) is 33.1 Å². The zero-order valence-electron chi connectivity index (χ0n) is 12.5. The highest BCUT2D eigenvalue weighted by atomic mass is 15.2. The molecule has 0 spiro atoms. The molecule has 0 saturated carbocycles. The highest BCUT2D eigenvalue weighted by Gasteiger charge is 2.24. The summed E-state index contributed by atoms with van der Waals surface area (Å²) < 4.78 is 0. The minimum Gasteiger partial charge on any atom is -0.312 e. The van der Waals surface area contributed by atoms with Crippen LogP contribution in [0.15, 0.2) is 0 Å². The number of rotatable bonds is 3. The normalized spacial score (nSPS) is 29.7. The zero-order valence-corrected chi connectivity index (χ0v) is 12.5. The van der Waals surface area contributed by atoms with E-state index >= 15 is 0 Å². The van der Waals surface area contributed by atoms with E-state index in [-0.39, 0.29) is 0 Å². The topological polar surface area (TPSA) is 18.5 Å². The maximum Gasteiger partial charge on any atom is 0.0217 e. The van der Waals surface area contributed by atoms with Gasteiger partial charge in [0.2, 0.25) is 0 Å². The van der Waals surface area contributed by atoms with E-state index in [9.17, 15) is 0 Å². The quantitative estimate of drug-likeness (QED) is 0.825. The molecule has 0 bridgehead atoms. The van der Waals surface area contributed by atoms with Gasteiger partial charge in [-0.2, -0.15) is 0 Å². The van der Waals surface area contributed by atoms with Crippen LogP contribution >= 0.6 is 0 Å². The summed E-state index contributed by atoms with van der Waals surface area (Å²) in [5.41, 5.74) is 0. The van der Waals surface area contributed by atoms with Gasteiger partial charge in [0.25, 0.3) is 0 Å². The van der Waals surface area contributed by atoms with E-state index in [1.165, 1.54) is 58.5 Å². The maximum atomic E-state index is 3.71. The molecule has 3 nitrogen and oxygen atoms in total. The summed E-state index contributed by atoms with van der Waals surface area (Å²) in [6.07, 6.45) is 4.11. The van der Waals surface area contributed by atoms with Crippen LogP contribution in [0.4, 0.5) is 0 Å². The Morgan fingerprint density at radius 1 is 1.17 bits per heavy atom. The van der Waals surface area contributed by atoms with Gasteiger partial charge in [0.1, 0.15) is 0 Å². The second-order valence-electron chi connectivity index (χ2n) is 6.66. The van der Waals surface area contributed by atoms with Crippen molar-refractivity contribution in [1.29, 1.82) is 0 Å². The predicted octanol–water partition coefficient (Wildman–Crippen LogP) is 1.65. The minimum absolute atomic E-state index is 0.693. The van der Waals surface area contributed by atoms with Crippen molar-refractivity contribution in [2.45, 2.75) is 39.2 Å². The fourth-order valence-corrected chi connectivity index (χ4v) is 3.25. The fraction of sp³-hybridized carbons (Fsp3) is 1.00. The molecule has 2 aliphatic heterocycles. The van der Waals surface area contributed by atoms with Crippen LogP contribution in [-0.4, -0.2) is 62.2 Å². The van der Waals surface area contributed by atoms with Crippen LogP contribution in [0.3, 0.4) is 0 Å². The Kier molecular flexibility index (Phi) is 5.46. The van der Waals surface area contributed by atoms with Crippen molar-refractivity contribution in [3.63, 3.8) is 0 Å². The standard InChI is InChI=1S/C15H31N3/c1-13(2)15-12-18(8-4-7-16-15)11-14-5-9-17(3)10-6-14/h13-16H,4-12H2,1-3H3. The lowest BCUT2D eigenvalue weighted by Gasteiger charge is -2.34. The van der Waals surface area contributed by atoms with Gasteiger partial charge < -0.3 is 15.1 Å². The first-order chi connectivity index (χ1) is 8.65. The molecule has 1 unspecified atom stereocenters. The molecule has 0 radical (unpaired) electrons. The monoisotopic (exact) mass is 253 g/mol. The molecule has 1 atom stereocenters. The van der Waals surface area contributed by atoms with Crippen LogP contribution < -0.4 is 5.32 Å². The van der Waals surface area contributed by atoms with Gasteiger partial charge in [0.15, 0.2) is 0 Å². The molecule has 0 aromatic carbocycles. The first kappa shape index (κ1) is 14.3. The molecule has 2 heterocycles. The van der Waals surface area contributed by atoms with Gasteiger partial charge >= 0.3 is 0 Å². The summed E-state index contributed by atoms with van der Waals surface area (Å²) in [6.45, 7) is 12.4. The van der Waals surface area contributed by atoms with Gasteiger partial charge in [-0.05, 0) is 64.3 Å². The van der Waals surface area contributed by atoms with Crippen molar-refractivity contribution in [3.8, 4) is 0 Å². The number of hydrogen-bond donors (Lipinski definition) is 1. The summed E-state index contributed by atoms with van der Waals surface area (Å²) in [5.74, 6) is 1.69. The summed E-state index contributed by atoms with van der Waals surface area (Å²) in [7, 11) is 2.25.